The summed E-state index contributed by atoms with van der Waals surface area (Å²) in [6, 6.07) is 15.5. The quantitative estimate of drug-likeness (QED) is 0.673. The summed E-state index contributed by atoms with van der Waals surface area (Å²) >= 11 is 1.46. The zero-order valence-electron chi connectivity index (χ0n) is 15.5. The van der Waals surface area contributed by atoms with Crippen LogP contribution in [-0.4, -0.2) is 27.8 Å². The van der Waals surface area contributed by atoms with Crippen LogP contribution in [0.5, 0.6) is 0 Å². The molecule has 1 amide bonds. The Morgan fingerprint density at radius 3 is 2.31 bits per heavy atom. The van der Waals surface area contributed by atoms with Crippen LogP contribution in [0.25, 0.3) is 0 Å². The first-order chi connectivity index (χ1) is 12.4. The largest absolute Gasteiger partial charge is 0.328 e. The van der Waals surface area contributed by atoms with Crippen molar-refractivity contribution in [1.82, 2.24) is 14.9 Å². The molecule has 1 unspecified atom stereocenters. The van der Waals surface area contributed by atoms with Crippen LogP contribution in [0.1, 0.15) is 52.7 Å². The molecular formula is C21H23N3OS. The highest BCUT2D eigenvalue weighted by molar-refractivity contribution is 7.13. The zero-order valence-corrected chi connectivity index (χ0v) is 16.3. The summed E-state index contributed by atoms with van der Waals surface area (Å²) in [5, 5.41) is 0.961. The maximum absolute atomic E-state index is 13.1. The topological polar surface area (TPSA) is 46.1 Å². The molecule has 4 nitrogen and oxygen atoms in total. The Bertz CT molecular complexity index is 830. The Hall–Kier alpha value is -2.53. The number of benzene rings is 1. The van der Waals surface area contributed by atoms with Gasteiger partial charge in [0.25, 0.3) is 5.91 Å². The third-order valence-corrected chi connectivity index (χ3v) is 5.56. The van der Waals surface area contributed by atoms with E-state index in [1.54, 1.807) is 17.3 Å². The van der Waals surface area contributed by atoms with Crippen LogP contribution in [0.4, 0.5) is 0 Å². The van der Waals surface area contributed by atoms with E-state index in [0.29, 0.717) is 4.88 Å². The highest BCUT2D eigenvalue weighted by Crippen LogP contribution is 2.31. The number of hydrogen-bond donors (Lipinski definition) is 0. The minimum Gasteiger partial charge on any atom is -0.328 e. The monoisotopic (exact) mass is 365 g/mol. The molecule has 0 N–H and O–H groups in total. The van der Waals surface area contributed by atoms with Gasteiger partial charge in [0.15, 0.2) is 0 Å². The van der Waals surface area contributed by atoms with Crippen molar-refractivity contribution in [3.63, 3.8) is 0 Å². The number of rotatable bonds is 4. The van der Waals surface area contributed by atoms with E-state index >= 15 is 0 Å². The predicted octanol–water partition coefficient (Wildman–Crippen LogP) is 4.70. The van der Waals surface area contributed by atoms with E-state index in [2.05, 4.69) is 30.7 Å². The van der Waals surface area contributed by atoms with Crippen molar-refractivity contribution >= 4 is 17.2 Å². The predicted molar refractivity (Wildman–Crippen MR) is 105 cm³/mol. The number of carbonyl (C=O) groups is 1. The maximum Gasteiger partial charge on any atom is 0.266 e. The highest BCUT2D eigenvalue weighted by atomic mass is 32.1. The van der Waals surface area contributed by atoms with E-state index in [1.165, 1.54) is 11.3 Å². The second kappa shape index (κ2) is 7.38. The van der Waals surface area contributed by atoms with E-state index < -0.39 is 0 Å². The van der Waals surface area contributed by atoms with Crippen LogP contribution in [0.15, 0.2) is 60.9 Å². The highest BCUT2D eigenvalue weighted by Gasteiger charge is 2.28. The van der Waals surface area contributed by atoms with Gasteiger partial charge in [-0.2, -0.15) is 0 Å². The number of amides is 1. The number of carbonyl (C=O) groups excluding carboxylic acids is 1. The van der Waals surface area contributed by atoms with Crippen LogP contribution in [0.2, 0.25) is 0 Å². The van der Waals surface area contributed by atoms with Crippen LogP contribution in [0.3, 0.4) is 0 Å². The van der Waals surface area contributed by atoms with Gasteiger partial charge < -0.3 is 4.90 Å². The summed E-state index contributed by atoms with van der Waals surface area (Å²) < 4.78 is 0. The summed E-state index contributed by atoms with van der Waals surface area (Å²) in [5.41, 5.74) is 1.81. The molecule has 2 heterocycles. The van der Waals surface area contributed by atoms with Gasteiger partial charge in [-0.25, -0.2) is 4.98 Å². The SMILES string of the molecule is CN(C(=O)c1cnc(C(C)(C)C)s1)C(c1ccccc1)c1ccccn1. The molecule has 26 heavy (non-hydrogen) atoms. The van der Waals surface area contributed by atoms with Gasteiger partial charge in [0.1, 0.15) is 4.88 Å². The molecule has 0 aliphatic rings. The number of aromatic nitrogens is 2. The van der Waals surface area contributed by atoms with E-state index in [-0.39, 0.29) is 17.4 Å². The molecule has 1 atom stereocenters. The third-order valence-electron chi connectivity index (χ3n) is 4.15. The average molecular weight is 366 g/mol. The first-order valence-electron chi connectivity index (χ1n) is 8.57. The molecule has 3 aromatic rings. The van der Waals surface area contributed by atoms with E-state index in [1.807, 2.05) is 55.6 Å². The van der Waals surface area contributed by atoms with Crippen LogP contribution in [-0.2, 0) is 5.41 Å². The normalized spacial score (nSPS) is 12.6. The van der Waals surface area contributed by atoms with Crippen molar-refractivity contribution in [2.24, 2.45) is 0 Å². The van der Waals surface area contributed by atoms with Gasteiger partial charge in [0.05, 0.1) is 22.9 Å². The van der Waals surface area contributed by atoms with Crippen LogP contribution in [0, 0.1) is 0 Å². The number of thiazole rings is 1. The van der Waals surface area contributed by atoms with E-state index in [9.17, 15) is 4.79 Å². The first kappa shape index (κ1) is 18.3. The van der Waals surface area contributed by atoms with E-state index in [0.717, 1.165) is 16.3 Å². The lowest BCUT2D eigenvalue weighted by molar-refractivity contribution is 0.0757. The Labute approximate surface area is 158 Å². The lowest BCUT2D eigenvalue weighted by Crippen LogP contribution is -2.32. The molecule has 0 bridgehead atoms. The fraction of sp³-hybridized carbons (Fsp3) is 0.286. The molecule has 134 valence electrons. The Morgan fingerprint density at radius 1 is 1.04 bits per heavy atom. The molecule has 0 radical (unpaired) electrons. The number of pyridine rings is 1. The Balaban J connectivity index is 1.96. The zero-order chi connectivity index (χ0) is 18.7. The molecule has 0 saturated carbocycles. The second-order valence-corrected chi connectivity index (χ2v) is 8.29. The van der Waals surface area contributed by atoms with Gasteiger partial charge in [-0.15, -0.1) is 11.3 Å². The van der Waals surface area contributed by atoms with Gasteiger partial charge >= 0.3 is 0 Å². The minimum absolute atomic E-state index is 0.0440. The summed E-state index contributed by atoms with van der Waals surface area (Å²) in [4.78, 5) is 24.5. The standard InChI is InChI=1S/C21H23N3OS/c1-21(2,3)20-23-14-17(26-20)19(25)24(4)18(15-10-6-5-7-11-15)16-12-8-9-13-22-16/h5-14,18H,1-4H3. The summed E-state index contributed by atoms with van der Waals surface area (Å²) in [5.74, 6) is -0.0440. The lowest BCUT2D eigenvalue weighted by atomic mass is 9.98. The Kier molecular flexibility index (Phi) is 5.18. The Morgan fingerprint density at radius 2 is 1.73 bits per heavy atom. The first-order valence-corrected chi connectivity index (χ1v) is 9.39. The van der Waals surface area contributed by atoms with Crippen molar-refractivity contribution in [3.8, 4) is 0 Å². The van der Waals surface area contributed by atoms with Gasteiger partial charge in [-0.1, -0.05) is 57.2 Å². The molecule has 0 aliphatic heterocycles. The smallest absolute Gasteiger partial charge is 0.266 e. The fourth-order valence-electron chi connectivity index (χ4n) is 2.78. The van der Waals surface area contributed by atoms with Crippen molar-refractivity contribution in [2.45, 2.75) is 32.2 Å². The fourth-order valence-corrected chi connectivity index (χ4v) is 3.73. The molecule has 0 fully saturated rings. The second-order valence-electron chi connectivity index (χ2n) is 7.26. The van der Waals surface area contributed by atoms with Gasteiger partial charge in [-0.05, 0) is 17.7 Å². The maximum atomic E-state index is 13.1. The molecule has 0 spiro atoms. The molecule has 5 heteroatoms. The summed E-state index contributed by atoms with van der Waals surface area (Å²) in [6.45, 7) is 6.30. The van der Waals surface area contributed by atoms with E-state index in [4.69, 9.17) is 0 Å². The summed E-state index contributed by atoms with van der Waals surface area (Å²) in [6.07, 6.45) is 3.44. The molecule has 1 aromatic carbocycles. The molecule has 2 aromatic heterocycles. The van der Waals surface area contributed by atoms with Crippen LogP contribution < -0.4 is 0 Å². The average Bonchev–Trinajstić information content (AvgIpc) is 3.13. The molecule has 3 rings (SSSR count). The minimum atomic E-state index is -0.245. The van der Waals surface area contributed by atoms with Gasteiger partial charge in [-0.3, -0.25) is 9.78 Å². The molecule has 0 aliphatic carbocycles. The third kappa shape index (κ3) is 3.83. The van der Waals surface area contributed by atoms with Crippen LogP contribution >= 0.6 is 11.3 Å². The van der Waals surface area contributed by atoms with Gasteiger partial charge in [0.2, 0.25) is 0 Å². The van der Waals surface area contributed by atoms with Crippen molar-refractivity contribution in [1.29, 1.82) is 0 Å². The lowest BCUT2D eigenvalue weighted by Gasteiger charge is -2.28. The number of hydrogen-bond acceptors (Lipinski definition) is 4. The van der Waals surface area contributed by atoms with Crippen molar-refractivity contribution < 1.29 is 4.79 Å². The number of nitrogens with zero attached hydrogens (tertiary/aromatic N) is 3. The molecular weight excluding hydrogens is 342 g/mol. The summed E-state index contributed by atoms with van der Waals surface area (Å²) in [7, 11) is 1.82. The van der Waals surface area contributed by atoms with Crippen molar-refractivity contribution in [2.75, 3.05) is 7.05 Å². The van der Waals surface area contributed by atoms with Crippen molar-refractivity contribution in [3.05, 3.63) is 82.1 Å². The molecule has 0 saturated heterocycles. The van der Waals surface area contributed by atoms with Gasteiger partial charge in [0, 0.05) is 18.7 Å².